The molecule has 0 unspecified atom stereocenters. The van der Waals surface area contributed by atoms with E-state index < -0.39 is 10.0 Å². The summed E-state index contributed by atoms with van der Waals surface area (Å²) >= 11 is 5.81. The van der Waals surface area contributed by atoms with Crippen LogP contribution < -0.4 is 9.62 Å². The van der Waals surface area contributed by atoms with Gasteiger partial charge in [-0.25, -0.2) is 8.42 Å². The fraction of sp³-hybridized carbons (Fsp3) is 0.105. The molecule has 0 aliphatic carbocycles. The molecule has 1 aromatic heterocycles. The van der Waals surface area contributed by atoms with Crippen LogP contribution in [0.3, 0.4) is 0 Å². The van der Waals surface area contributed by atoms with E-state index in [4.69, 9.17) is 16.0 Å². The van der Waals surface area contributed by atoms with Crippen LogP contribution in [0.2, 0.25) is 5.02 Å². The summed E-state index contributed by atoms with van der Waals surface area (Å²) in [5.41, 5.74) is 2.09. The third-order valence-corrected chi connectivity index (χ3v) is 5.98. The molecular weight excluding hydrogens is 388 g/mol. The number of furan rings is 1. The van der Waals surface area contributed by atoms with Gasteiger partial charge in [0.05, 0.1) is 11.2 Å². The number of rotatable bonds is 4. The van der Waals surface area contributed by atoms with Gasteiger partial charge in [-0.05, 0) is 66.6 Å². The molecule has 1 amide bonds. The third kappa shape index (κ3) is 3.43. The summed E-state index contributed by atoms with van der Waals surface area (Å²) in [5.74, 6) is 0.0589. The Morgan fingerprint density at radius 1 is 1.11 bits per heavy atom. The topological polar surface area (TPSA) is 79.6 Å². The van der Waals surface area contributed by atoms with E-state index in [-0.39, 0.29) is 16.6 Å². The molecule has 0 saturated carbocycles. The molecule has 2 heterocycles. The van der Waals surface area contributed by atoms with Crippen molar-refractivity contribution in [2.45, 2.75) is 11.3 Å². The molecule has 8 heteroatoms. The lowest BCUT2D eigenvalue weighted by molar-refractivity contribution is 0.0963. The van der Waals surface area contributed by atoms with Crippen LogP contribution in [0.25, 0.3) is 0 Å². The number of carbonyl (C=O) groups is 1. The van der Waals surface area contributed by atoms with Gasteiger partial charge in [-0.15, -0.1) is 0 Å². The Labute approximate surface area is 161 Å². The highest BCUT2D eigenvalue weighted by atomic mass is 35.5. The van der Waals surface area contributed by atoms with Crippen LogP contribution in [0.1, 0.15) is 16.1 Å². The van der Waals surface area contributed by atoms with E-state index >= 15 is 0 Å². The highest BCUT2D eigenvalue weighted by molar-refractivity contribution is 7.92. The summed E-state index contributed by atoms with van der Waals surface area (Å²) in [4.78, 5) is 14.3. The Bertz CT molecular complexity index is 1090. The molecule has 1 aliphatic heterocycles. The number of hydrogen-bond donors (Lipinski definition) is 1. The summed E-state index contributed by atoms with van der Waals surface area (Å²) < 4.78 is 32.8. The van der Waals surface area contributed by atoms with Gasteiger partial charge < -0.3 is 9.32 Å². The van der Waals surface area contributed by atoms with Gasteiger partial charge in [0.15, 0.2) is 5.76 Å². The number of sulfonamides is 1. The Morgan fingerprint density at radius 3 is 2.59 bits per heavy atom. The molecule has 138 valence electrons. The van der Waals surface area contributed by atoms with Crippen LogP contribution in [0.5, 0.6) is 0 Å². The van der Waals surface area contributed by atoms with Crippen LogP contribution >= 0.6 is 11.6 Å². The van der Waals surface area contributed by atoms with Crippen molar-refractivity contribution < 1.29 is 17.6 Å². The van der Waals surface area contributed by atoms with Crippen LogP contribution in [0.4, 0.5) is 11.4 Å². The molecule has 0 bridgehead atoms. The predicted octanol–water partition coefficient (Wildman–Crippen LogP) is 3.94. The number of nitrogens with one attached hydrogen (secondary N) is 1. The Hall–Kier alpha value is -2.77. The summed E-state index contributed by atoms with van der Waals surface area (Å²) in [6, 6.07) is 14.4. The molecule has 4 rings (SSSR count). The van der Waals surface area contributed by atoms with Gasteiger partial charge in [0.1, 0.15) is 0 Å². The number of anilines is 2. The Morgan fingerprint density at radius 2 is 1.89 bits per heavy atom. The fourth-order valence-corrected chi connectivity index (χ4v) is 4.21. The fourth-order valence-electron chi connectivity index (χ4n) is 3.04. The lowest BCUT2D eigenvalue weighted by Gasteiger charge is -2.16. The second-order valence-electron chi connectivity index (χ2n) is 6.09. The van der Waals surface area contributed by atoms with Crippen molar-refractivity contribution in [3.8, 4) is 0 Å². The minimum absolute atomic E-state index is 0.127. The first-order chi connectivity index (χ1) is 12.9. The molecule has 0 fully saturated rings. The number of nitrogens with zero attached hydrogens (tertiary/aromatic N) is 1. The number of fused-ring (bicyclic) bond motifs is 1. The summed E-state index contributed by atoms with van der Waals surface area (Å²) in [6.07, 6.45) is 2.09. The maximum absolute atomic E-state index is 12.5. The molecule has 0 spiro atoms. The summed E-state index contributed by atoms with van der Waals surface area (Å²) in [5, 5.41) is 0.466. The molecule has 0 radical (unpaired) electrons. The van der Waals surface area contributed by atoms with Gasteiger partial charge in [0, 0.05) is 22.9 Å². The zero-order valence-corrected chi connectivity index (χ0v) is 15.6. The van der Waals surface area contributed by atoms with Crippen LogP contribution in [-0.4, -0.2) is 20.9 Å². The first-order valence-corrected chi connectivity index (χ1v) is 10.1. The van der Waals surface area contributed by atoms with Crippen molar-refractivity contribution in [1.82, 2.24) is 0 Å². The lowest BCUT2D eigenvalue weighted by atomic mass is 10.1. The molecular formula is C19H15ClN2O4S. The van der Waals surface area contributed by atoms with Crippen molar-refractivity contribution >= 4 is 38.9 Å². The van der Waals surface area contributed by atoms with Crippen molar-refractivity contribution in [2.24, 2.45) is 0 Å². The minimum atomic E-state index is -3.72. The third-order valence-electron chi connectivity index (χ3n) is 4.33. The quantitative estimate of drug-likeness (QED) is 0.716. The first-order valence-electron chi connectivity index (χ1n) is 8.21. The maximum atomic E-state index is 12.5. The summed E-state index contributed by atoms with van der Waals surface area (Å²) in [7, 11) is -3.72. The second kappa shape index (κ2) is 6.75. The first kappa shape index (κ1) is 17.6. The average molecular weight is 403 g/mol. The van der Waals surface area contributed by atoms with Crippen molar-refractivity contribution in [3.05, 3.63) is 77.2 Å². The van der Waals surface area contributed by atoms with Gasteiger partial charge >= 0.3 is 0 Å². The molecule has 2 aromatic carbocycles. The van der Waals surface area contributed by atoms with Gasteiger partial charge in [-0.1, -0.05) is 11.6 Å². The van der Waals surface area contributed by atoms with Crippen LogP contribution in [0, 0.1) is 0 Å². The second-order valence-corrected chi connectivity index (χ2v) is 8.21. The van der Waals surface area contributed by atoms with E-state index in [2.05, 4.69) is 4.72 Å². The lowest BCUT2D eigenvalue weighted by Crippen LogP contribution is -2.28. The van der Waals surface area contributed by atoms with Gasteiger partial charge in [0.2, 0.25) is 0 Å². The monoisotopic (exact) mass is 402 g/mol. The van der Waals surface area contributed by atoms with E-state index in [0.717, 1.165) is 11.3 Å². The number of halogens is 1. The van der Waals surface area contributed by atoms with Crippen molar-refractivity contribution in [2.75, 3.05) is 16.2 Å². The molecule has 0 atom stereocenters. The minimum Gasteiger partial charge on any atom is -0.459 e. The van der Waals surface area contributed by atoms with Gasteiger partial charge in [-0.2, -0.15) is 0 Å². The molecule has 1 N–H and O–H groups in total. The number of hydrogen-bond acceptors (Lipinski definition) is 4. The molecule has 1 aliphatic rings. The zero-order chi connectivity index (χ0) is 19.0. The highest BCUT2D eigenvalue weighted by Gasteiger charge is 2.27. The Kier molecular flexibility index (Phi) is 4.41. The average Bonchev–Trinajstić information content (AvgIpc) is 3.31. The maximum Gasteiger partial charge on any atom is 0.293 e. The molecule has 3 aromatic rings. The molecule has 27 heavy (non-hydrogen) atoms. The van der Waals surface area contributed by atoms with Crippen LogP contribution in [-0.2, 0) is 16.4 Å². The number of benzene rings is 2. The van der Waals surface area contributed by atoms with E-state index in [1.165, 1.54) is 30.5 Å². The predicted molar refractivity (Wildman–Crippen MR) is 103 cm³/mol. The normalized spacial score (nSPS) is 13.4. The van der Waals surface area contributed by atoms with Gasteiger partial charge in [0.25, 0.3) is 15.9 Å². The number of amides is 1. The Balaban J connectivity index is 1.57. The van der Waals surface area contributed by atoms with Crippen molar-refractivity contribution in [3.63, 3.8) is 0 Å². The zero-order valence-electron chi connectivity index (χ0n) is 14.1. The van der Waals surface area contributed by atoms with Crippen molar-refractivity contribution in [1.29, 1.82) is 0 Å². The smallest absolute Gasteiger partial charge is 0.293 e. The van der Waals surface area contributed by atoms with E-state index in [0.29, 0.717) is 23.7 Å². The largest absolute Gasteiger partial charge is 0.459 e. The van der Waals surface area contributed by atoms with Crippen LogP contribution in [0.15, 0.2) is 70.2 Å². The van der Waals surface area contributed by atoms with E-state index in [9.17, 15) is 13.2 Å². The van der Waals surface area contributed by atoms with E-state index in [1.54, 1.807) is 35.2 Å². The standard InChI is InChI=1S/C19H15ClN2O4S/c20-14-3-6-16(7-4-14)27(24,25)21-15-5-8-17-13(12-15)9-10-22(17)19(23)18-2-1-11-26-18/h1-8,11-12,21H,9-10H2. The molecule has 6 nitrogen and oxygen atoms in total. The molecule has 0 saturated heterocycles. The highest BCUT2D eigenvalue weighted by Crippen LogP contribution is 2.32. The summed E-state index contributed by atoms with van der Waals surface area (Å²) in [6.45, 7) is 0.516. The van der Waals surface area contributed by atoms with Gasteiger partial charge in [-0.3, -0.25) is 9.52 Å². The number of carbonyl (C=O) groups excluding carboxylic acids is 1. The SMILES string of the molecule is O=C(c1ccco1)N1CCc2cc(NS(=O)(=O)c3ccc(Cl)cc3)ccc21. The van der Waals surface area contributed by atoms with E-state index in [1.807, 2.05) is 0 Å².